The van der Waals surface area contributed by atoms with Crippen molar-refractivity contribution >= 4 is 50.1 Å². The maximum atomic E-state index is 13.6. The molecule has 0 bridgehead atoms. The number of benzene rings is 6. The molecular weight excluding hydrogens is 492 g/mol. The van der Waals surface area contributed by atoms with E-state index in [1.165, 1.54) is 15.7 Å². The summed E-state index contributed by atoms with van der Waals surface area (Å²) < 4.78 is 2.33. The quantitative estimate of drug-likeness (QED) is 0.222. The Morgan fingerprint density at radius 2 is 1.12 bits per heavy atom. The van der Waals surface area contributed by atoms with Crippen molar-refractivity contribution < 1.29 is 9.59 Å². The van der Waals surface area contributed by atoms with Crippen LogP contribution in [0.5, 0.6) is 0 Å². The van der Waals surface area contributed by atoms with Crippen LogP contribution in [0.1, 0.15) is 20.7 Å². The molecule has 40 heavy (non-hydrogen) atoms. The van der Waals surface area contributed by atoms with Crippen LogP contribution in [0.25, 0.3) is 49.4 Å². The minimum absolute atomic E-state index is 0.289. The molecule has 4 nitrogen and oxygen atoms in total. The van der Waals surface area contributed by atoms with E-state index in [1.807, 2.05) is 30.3 Å². The van der Waals surface area contributed by atoms with Gasteiger partial charge < -0.3 is 4.57 Å². The van der Waals surface area contributed by atoms with Crippen LogP contribution < -0.4 is 4.90 Å². The van der Waals surface area contributed by atoms with Gasteiger partial charge in [-0.1, -0.05) is 91.0 Å². The van der Waals surface area contributed by atoms with Crippen LogP contribution in [0.15, 0.2) is 133 Å². The second kappa shape index (κ2) is 8.52. The van der Waals surface area contributed by atoms with Crippen molar-refractivity contribution in [1.29, 1.82) is 0 Å². The Morgan fingerprint density at radius 1 is 0.475 bits per heavy atom. The highest BCUT2D eigenvalue weighted by molar-refractivity contribution is 6.36. The lowest BCUT2D eigenvalue weighted by molar-refractivity contribution is 0.0926. The van der Waals surface area contributed by atoms with Gasteiger partial charge in [-0.15, -0.1) is 0 Å². The predicted octanol–water partition coefficient (Wildman–Crippen LogP) is 8.40. The second-order valence-corrected chi connectivity index (χ2v) is 10.1. The molecule has 0 atom stereocenters. The van der Waals surface area contributed by atoms with Gasteiger partial charge in [-0.2, -0.15) is 0 Å². The van der Waals surface area contributed by atoms with Crippen molar-refractivity contribution in [2.45, 2.75) is 0 Å². The Morgan fingerprint density at radius 3 is 1.88 bits per heavy atom. The predicted molar refractivity (Wildman–Crippen MR) is 161 cm³/mol. The van der Waals surface area contributed by atoms with Crippen LogP contribution in [0.2, 0.25) is 0 Å². The van der Waals surface area contributed by atoms with Crippen LogP contribution in [0.4, 0.5) is 5.69 Å². The summed E-state index contributed by atoms with van der Waals surface area (Å²) in [7, 11) is 0. The molecule has 1 aliphatic heterocycles. The number of carbonyl (C=O) groups excluding carboxylic acids is 2. The number of carbonyl (C=O) groups is 2. The Bertz CT molecular complexity index is 2100. The summed E-state index contributed by atoms with van der Waals surface area (Å²) in [6, 6.07) is 44.2. The van der Waals surface area contributed by atoms with E-state index in [0.717, 1.165) is 38.6 Å². The lowest BCUT2D eigenvalue weighted by Crippen LogP contribution is -2.29. The molecule has 0 aliphatic carbocycles. The third-order valence-corrected chi connectivity index (χ3v) is 7.92. The normalized spacial score (nSPS) is 13.1. The highest BCUT2D eigenvalue weighted by atomic mass is 16.2. The number of amides is 2. The fourth-order valence-electron chi connectivity index (χ4n) is 6.15. The van der Waals surface area contributed by atoms with E-state index in [-0.39, 0.29) is 11.8 Å². The molecule has 0 saturated carbocycles. The monoisotopic (exact) mass is 514 g/mol. The molecule has 6 aromatic carbocycles. The average Bonchev–Trinajstić information content (AvgIpc) is 3.48. The van der Waals surface area contributed by atoms with Crippen LogP contribution in [-0.4, -0.2) is 16.4 Å². The molecule has 188 valence electrons. The van der Waals surface area contributed by atoms with E-state index in [2.05, 4.69) is 89.5 Å². The lowest BCUT2D eigenvalue weighted by atomic mass is 9.94. The van der Waals surface area contributed by atoms with Gasteiger partial charge in [-0.05, 0) is 59.0 Å². The molecule has 0 N–H and O–H groups in total. The number of aromatic nitrogens is 1. The van der Waals surface area contributed by atoms with Crippen molar-refractivity contribution in [3.05, 3.63) is 145 Å². The first-order valence-corrected chi connectivity index (χ1v) is 13.3. The number of nitrogens with zero attached hydrogens (tertiary/aromatic N) is 2. The SMILES string of the molecule is O=C1c2cccc(-c3ccc4c(-n5c6ccccc6c6ccccc65)cccc4c3)c2C(=O)N1c1ccccc1. The van der Waals surface area contributed by atoms with E-state index >= 15 is 0 Å². The first-order valence-electron chi connectivity index (χ1n) is 13.3. The van der Waals surface area contributed by atoms with Gasteiger partial charge in [0, 0.05) is 16.2 Å². The van der Waals surface area contributed by atoms with Gasteiger partial charge >= 0.3 is 0 Å². The highest BCUT2D eigenvalue weighted by Gasteiger charge is 2.38. The summed E-state index contributed by atoms with van der Waals surface area (Å²) in [5.41, 5.74) is 6.55. The maximum Gasteiger partial charge on any atom is 0.266 e. The number of fused-ring (bicyclic) bond motifs is 5. The average molecular weight is 515 g/mol. The largest absolute Gasteiger partial charge is 0.309 e. The van der Waals surface area contributed by atoms with Gasteiger partial charge in [0.05, 0.1) is 33.5 Å². The van der Waals surface area contributed by atoms with E-state index in [0.29, 0.717) is 16.8 Å². The van der Waals surface area contributed by atoms with Gasteiger partial charge in [0.1, 0.15) is 0 Å². The molecule has 0 unspecified atom stereocenters. The molecule has 4 heteroatoms. The molecule has 2 amide bonds. The minimum Gasteiger partial charge on any atom is -0.309 e. The lowest BCUT2D eigenvalue weighted by Gasteiger charge is -2.14. The third kappa shape index (κ3) is 3.13. The molecular formula is C36H22N2O2. The van der Waals surface area contributed by atoms with Gasteiger partial charge in [0.2, 0.25) is 0 Å². The summed E-state index contributed by atoms with van der Waals surface area (Å²) in [4.78, 5) is 28.2. The first-order chi connectivity index (χ1) is 19.7. The zero-order chi connectivity index (χ0) is 26.8. The van der Waals surface area contributed by atoms with E-state index < -0.39 is 0 Å². The number of anilines is 1. The van der Waals surface area contributed by atoms with E-state index in [9.17, 15) is 9.59 Å². The van der Waals surface area contributed by atoms with Crippen molar-refractivity contribution in [3.63, 3.8) is 0 Å². The van der Waals surface area contributed by atoms with Crippen molar-refractivity contribution in [3.8, 4) is 16.8 Å². The molecule has 1 aromatic heterocycles. The molecule has 2 heterocycles. The van der Waals surface area contributed by atoms with Crippen molar-refractivity contribution in [2.75, 3.05) is 4.90 Å². The first kappa shape index (κ1) is 22.5. The third-order valence-electron chi connectivity index (χ3n) is 7.92. The number of hydrogen-bond acceptors (Lipinski definition) is 2. The number of rotatable bonds is 3. The standard InChI is InChI=1S/C36H22N2O2/c39-35-30-16-9-15-27(34(30)36(40)37(35)25-11-2-1-3-12-25)24-20-21-26-23(22-24)10-8-19-31(26)38-32-17-6-4-13-28(32)29-14-5-7-18-33(29)38/h1-22H. The Hall–Kier alpha value is -5.48. The van der Waals surface area contributed by atoms with Crippen LogP contribution in [-0.2, 0) is 0 Å². The summed E-state index contributed by atoms with van der Waals surface area (Å²) in [6.07, 6.45) is 0. The van der Waals surface area contributed by atoms with Gasteiger partial charge in [-0.3, -0.25) is 9.59 Å². The van der Waals surface area contributed by atoms with Crippen LogP contribution in [0.3, 0.4) is 0 Å². The van der Waals surface area contributed by atoms with E-state index in [1.54, 1.807) is 18.2 Å². The Balaban J connectivity index is 1.30. The topological polar surface area (TPSA) is 42.3 Å². The fraction of sp³-hybridized carbons (Fsp3) is 0. The van der Waals surface area contributed by atoms with Gasteiger partial charge in [-0.25, -0.2) is 4.90 Å². The summed E-state index contributed by atoms with van der Waals surface area (Å²) in [5.74, 6) is -0.580. The zero-order valence-corrected chi connectivity index (χ0v) is 21.4. The van der Waals surface area contributed by atoms with Gasteiger partial charge in [0.25, 0.3) is 11.8 Å². The maximum absolute atomic E-state index is 13.6. The summed E-state index contributed by atoms with van der Waals surface area (Å²) in [6.45, 7) is 0. The number of imide groups is 1. The Labute approximate surface area is 230 Å². The highest BCUT2D eigenvalue weighted by Crippen LogP contribution is 2.38. The number of hydrogen-bond donors (Lipinski definition) is 0. The Kier molecular flexibility index (Phi) is 4.79. The molecule has 0 radical (unpaired) electrons. The summed E-state index contributed by atoms with van der Waals surface area (Å²) in [5, 5.41) is 4.61. The molecule has 1 aliphatic rings. The van der Waals surface area contributed by atoms with Crippen molar-refractivity contribution in [1.82, 2.24) is 4.57 Å². The van der Waals surface area contributed by atoms with Crippen molar-refractivity contribution in [2.24, 2.45) is 0 Å². The zero-order valence-electron chi connectivity index (χ0n) is 21.4. The van der Waals surface area contributed by atoms with Crippen LogP contribution >= 0.6 is 0 Å². The molecule has 0 spiro atoms. The molecule has 7 aromatic rings. The minimum atomic E-state index is -0.291. The van der Waals surface area contributed by atoms with E-state index in [4.69, 9.17) is 0 Å². The fourth-order valence-corrected chi connectivity index (χ4v) is 6.15. The molecule has 0 saturated heterocycles. The summed E-state index contributed by atoms with van der Waals surface area (Å²) >= 11 is 0. The second-order valence-electron chi connectivity index (χ2n) is 10.1. The molecule has 0 fully saturated rings. The number of para-hydroxylation sites is 3. The van der Waals surface area contributed by atoms with Gasteiger partial charge in [0.15, 0.2) is 0 Å². The van der Waals surface area contributed by atoms with Crippen LogP contribution in [0, 0.1) is 0 Å². The smallest absolute Gasteiger partial charge is 0.266 e. The molecule has 8 rings (SSSR count).